The van der Waals surface area contributed by atoms with E-state index in [-0.39, 0.29) is 0 Å². The first-order chi connectivity index (χ1) is 16.6. The number of nitrogens with one attached hydrogen (secondary N) is 2. The maximum absolute atomic E-state index is 5.69. The van der Waals surface area contributed by atoms with E-state index < -0.39 is 0 Å². The molecule has 3 heterocycles. The highest BCUT2D eigenvalue weighted by molar-refractivity contribution is 7.80. The lowest BCUT2D eigenvalue weighted by atomic mass is 10.1. The Balaban J connectivity index is 1.28. The summed E-state index contributed by atoms with van der Waals surface area (Å²) in [6.45, 7) is 6.18. The van der Waals surface area contributed by atoms with Crippen molar-refractivity contribution in [1.82, 2.24) is 19.8 Å². The van der Waals surface area contributed by atoms with Crippen LogP contribution < -0.4 is 5.32 Å². The summed E-state index contributed by atoms with van der Waals surface area (Å²) in [6, 6.07) is 17.1. The zero-order valence-electron chi connectivity index (χ0n) is 20.1. The molecule has 34 heavy (non-hydrogen) atoms. The van der Waals surface area contributed by atoms with Crippen LogP contribution in [0.2, 0.25) is 0 Å². The van der Waals surface area contributed by atoms with Crippen molar-refractivity contribution in [1.29, 1.82) is 0 Å². The van der Waals surface area contributed by atoms with Crippen LogP contribution in [0.4, 0.5) is 5.69 Å². The molecule has 1 aliphatic rings. The Labute approximate surface area is 207 Å². The molecule has 4 aromatic rings. The van der Waals surface area contributed by atoms with Crippen molar-refractivity contribution >= 4 is 44.8 Å². The predicted molar refractivity (Wildman–Crippen MR) is 146 cm³/mol. The number of piperidine rings is 1. The van der Waals surface area contributed by atoms with Crippen LogP contribution in [0.5, 0.6) is 0 Å². The van der Waals surface area contributed by atoms with Crippen molar-refractivity contribution in [3.63, 3.8) is 0 Å². The average Bonchev–Trinajstić information content (AvgIpc) is 3.17. The quantitative estimate of drug-likeness (QED) is 0.344. The first kappa shape index (κ1) is 22.8. The Bertz CT molecular complexity index is 1300. The number of nitrogens with zero attached hydrogens (tertiary/aromatic N) is 3. The van der Waals surface area contributed by atoms with Gasteiger partial charge in [0.2, 0.25) is 0 Å². The summed E-state index contributed by atoms with van der Waals surface area (Å²) < 4.78 is 0. The van der Waals surface area contributed by atoms with Crippen molar-refractivity contribution in [2.24, 2.45) is 0 Å². The van der Waals surface area contributed by atoms with Gasteiger partial charge in [0.1, 0.15) is 0 Å². The summed E-state index contributed by atoms with van der Waals surface area (Å²) in [5.41, 5.74) is 7.26. The number of hydrogen-bond acceptors (Lipinski definition) is 3. The smallest absolute Gasteiger partial charge is 0.173 e. The van der Waals surface area contributed by atoms with Crippen molar-refractivity contribution < 1.29 is 0 Å². The molecule has 0 atom stereocenters. The lowest BCUT2D eigenvalue weighted by molar-refractivity contribution is 0.332. The maximum Gasteiger partial charge on any atom is 0.173 e. The van der Waals surface area contributed by atoms with Gasteiger partial charge in [0.15, 0.2) is 5.11 Å². The number of pyridine rings is 1. The number of aromatic nitrogens is 2. The average molecular weight is 472 g/mol. The normalized spacial score (nSPS) is 14.3. The number of aromatic amines is 1. The summed E-state index contributed by atoms with van der Waals surface area (Å²) in [5.74, 6) is 0. The number of H-pyrrole nitrogens is 1. The second kappa shape index (κ2) is 10.1. The van der Waals surface area contributed by atoms with Gasteiger partial charge in [-0.05, 0) is 93.3 Å². The van der Waals surface area contributed by atoms with Crippen LogP contribution in [0, 0.1) is 6.92 Å². The van der Waals surface area contributed by atoms with Crippen LogP contribution in [-0.4, -0.2) is 51.6 Å². The van der Waals surface area contributed by atoms with Crippen molar-refractivity contribution in [3.05, 3.63) is 71.5 Å². The largest absolute Gasteiger partial charge is 0.358 e. The molecule has 1 aliphatic heterocycles. The second-order valence-electron chi connectivity index (χ2n) is 9.44. The van der Waals surface area contributed by atoms with Gasteiger partial charge in [0.05, 0.1) is 5.52 Å². The van der Waals surface area contributed by atoms with Crippen molar-refractivity contribution in [2.75, 3.05) is 32.0 Å². The highest BCUT2D eigenvalue weighted by Gasteiger charge is 2.15. The number of rotatable bonds is 6. The number of hydrogen-bond donors (Lipinski definition) is 2. The van der Waals surface area contributed by atoms with E-state index in [0.717, 1.165) is 48.9 Å². The molecule has 0 radical (unpaired) electrons. The standard InChI is InChI=1S/C28H33N5S/c1-20-23(13-17-32(2)19-21-12-14-29-26-9-5-4-8-24(21)26)25-18-22(10-11-27(25)30-20)31-28(34)33-15-6-3-7-16-33/h4-5,8-12,14,18,30H,3,6-7,13,15-17,19H2,1-2H3,(H,31,34). The molecule has 0 saturated carbocycles. The van der Waals surface area contributed by atoms with Gasteiger partial charge in [-0.3, -0.25) is 4.98 Å². The number of aryl methyl sites for hydroxylation is 1. The van der Waals surface area contributed by atoms with E-state index in [9.17, 15) is 0 Å². The molecule has 2 aromatic heterocycles. The number of benzene rings is 2. The van der Waals surface area contributed by atoms with Gasteiger partial charge in [-0.25, -0.2) is 0 Å². The monoisotopic (exact) mass is 471 g/mol. The number of fused-ring (bicyclic) bond motifs is 2. The van der Waals surface area contributed by atoms with E-state index in [4.69, 9.17) is 12.2 Å². The molecular formula is C28H33N5S. The minimum atomic E-state index is 0.845. The zero-order valence-corrected chi connectivity index (χ0v) is 20.9. The van der Waals surface area contributed by atoms with Gasteiger partial charge >= 0.3 is 0 Å². The topological polar surface area (TPSA) is 47.2 Å². The SMILES string of the molecule is Cc1[nH]c2ccc(NC(=S)N3CCCCC3)cc2c1CCN(C)Cc1ccnc2ccccc12. The Kier molecular flexibility index (Phi) is 6.79. The number of likely N-dealkylation sites (N-methyl/N-ethyl adjacent to an activating group) is 1. The first-order valence-electron chi connectivity index (χ1n) is 12.3. The highest BCUT2D eigenvalue weighted by Crippen LogP contribution is 2.27. The van der Waals surface area contributed by atoms with E-state index in [1.807, 2.05) is 12.3 Å². The van der Waals surface area contributed by atoms with Gasteiger partial charge in [0, 0.05) is 60.0 Å². The zero-order chi connectivity index (χ0) is 23.5. The van der Waals surface area contributed by atoms with Gasteiger partial charge in [0.25, 0.3) is 0 Å². The second-order valence-corrected chi connectivity index (χ2v) is 9.83. The van der Waals surface area contributed by atoms with Crippen LogP contribution in [0.25, 0.3) is 21.8 Å². The van der Waals surface area contributed by atoms with Gasteiger partial charge in [-0.1, -0.05) is 18.2 Å². The van der Waals surface area contributed by atoms with Gasteiger partial charge < -0.3 is 20.1 Å². The third-order valence-corrected chi connectivity index (χ3v) is 7.30. The molecular weight excluding hydrogens is 438 g/mol. The summed E-state index contributed by atoms with van der Waals surface area (Å²) in [5, 5.41) is 6.85. The summed E-state index contributed by atoms with van der Waals surface area (Å²) in [7, 11) is 2.20. The minimum Gasteiger partial charge on any atom is -0.358 e. The minimum absolute atomic E-state index is 0.845. The molecule has 5 nitrogen and oxygen atoms in total. The van der Waals surface area contributed by atoms with Crippen LogP contribution in [-0.2, 0) is 13.0 Å². The van der Waals surface area contributed by atoms with Crippen molar-refractivity contribution in [2.45, 2.75) is 39.2 Å². The fourth-order valence-corrected chi connectivity index (χ4v) is 5.35. The number of para-hydroxylation sites is 1. The highest BCUT2D eigenvalue weighted by atomic mass is 32.1. The fraction of sp³-hybridized carbons (Fsp3) is 0.357. The third kappa shape index (κ3) is 4.93. The molecule has 0 bridgehead atoms. The third-order valence-electron chi connectivity index (χ3n) is 6.94. The van der Waals surface area contributed by atoms with E-state index >= 15 is 0 Å². The first-order valence-corrected chi connectivity index (χ1v) is 12.7. The van der Waals surface area contributed by atoms with Crippen LogP contribution >= 0.6 is 12.2 Å². The van der Waals surface area contributed by atoms with E-state index in [0.29, 0.717) is 0 Å². The molecule has 2 N–H and O–H groups in total. The lowest BCUT2D eigenvalue weighted by Gasteiger charge is -2.29. The maximum atomic E-state index is 5.69. The van der Waals surface area contributed by atoms with Gasteiger partial charge in [-0.2, -0.15) is 0 Å². The Hall–Kier alpha value is -2.96. The van der Waals surface area contributed by atoms with Crippen LogP contribution in [0.1, 0.15) is 36.1 Å². The Morgan fingerprint density at radius 2 is 1.91 bits per heavy atom. The van der Waals surface area contributed by atoms with Gasteiger partial charge in [-0.15, -0.1) is 0 Å². The molecule has 0 amide bonds. The molecule has 0 unspecified atom stereocenters. The van der Waals surface area contributed by atoms with Crippen molar-refractivity contribution in [3.8, 4) is 0 Å². The Morgan fingerprint density at radius 3 is 2.76 bits per heavy atom. The molecule has 0 spiro atoms. The van der Waals surface area contributed by atoms with E-state index in [2.05, 4.69) is 81.5 Å². The number of anilines is 1. The summed E-state index contributed by atoms with van der Waals surface area (Å²) in [6.07, 6.45) is 6.67. The summed E-state index contributed by atoms with van der Waals surface area (Å²) >= 11 is 5.69. The molecule has 0 aliphatic carbocycles. The number of thiocarbonyl (C=S) groups is 1. The lowest BCUT2D eigenvalue weighted by Crippen LogP contribution is -2.38. The molecule has 176 valence electrons. The van der Waals surface area contributed by atoms with E-state index in [1.54, 1.807) is 0 Å². The van der Waals surface area contributed by atoms with Crippen LogP contribution in [0.3, 0.4) is 0 Å². The molecule has 1 saturated heterocycles. The fourth-order valence-electron chi connectivity index (χ4n) is 5.05. The molecule has 1 fully saturated rings. The van der Waals surface area contributed by atoms with E-state index in [1.165, 1.54) is 52.4 Å². The Morgan fingerprint density at radius 1 is 1.09 bits per heavy atom. The van der Waals surface area contributed by atoms with Crippen LogP contribution in [0.15, 0.2) is 54.7 Å². The molecule has 2 aromatic carbocycles. The molecule has 5 rings (SSSR count). The summed E-state index contributed by atoms with van der Waals surface area (Å²) in [4.78, 5) is 12.8. The number of likely N-dealkylation sites (tertiary alicyclic amines) is 1. The predicted octanol–water partition coefficient (Wildman–Crippen LogP) is 5.88. The molecule has 6 heteroatoms.